The number of nitrogens with one attached hydrogen (secondary N) is 1. The summed E-state index contributed by atoms with van der Waals surface area (Å²) in [7, 11) is 1.37. The van der Waals surface area contributed by atoms with E-state index in [9.17, 15) is 15.0 Å². The summed E-state index contributed by atoms with van der Waals surface area (Å²) in [5.41, 5.74) is 0. The Morgan fingerprint density at radius 1 is 1.42 bits per heavy atom. The van der Waals surface area contributed by atoms with E-state index in [0.717, 1.165) is 0 Å². The molecule has 1 heterocycles. The van der Waals surface area contributed by atoms with Gasteiger partial charge in [0.05, 0.1) is 6.10 Å². The van der Waals surface area contributed by atoms with Crippen molar-refractivity contribution in [3.05, 3.63) is 0 Å². The van der Waals surface area contributed by atoms with E-state index in [1.54, 1.807) is 0 Å². The lowest BCUT2D eigenvalue weighted by Gasteiger charge is -2.41. The van der Waals surface area contributed by atoms with Gasteiger partial charge in [0.1, 0.15) is 12.2 Å². The highest BCUT2D eigenvalue weighted by molar-refractivity contribution is 7.80. The Hall–Kier alpha value is -0.540. The second kappa shape index (κ2) is 7.91. The van der Waals surface area contributed by atoms with E-state index in [4.69, 9.17) is 14.2 Å². The minimum absolute atomic E-state index is 0.336. The van der Waals surface area contributed by atoms with Crippen LogP contribution in [0.3, 0.4) is 0 Å². The van der Waals surface area contributed by atoms with Gasteiger partial charge in [-0.25, -0.2) is 4.79 Å². The molecule has 3 N–H and O–H groups in total. The maximum absolute atomic E-state index is 11.5. The van der Waals surface area contributed by atoms with Gasteiger partial charge >= 0.3 is 6.09 Å². The van der Waals surface area contributed by atoms with Crippen molar-refractivity contribution in [3.8, 4) is 0 Å². The van der Waals surface area contributed by atoms with E-state index in [2.05, 4.69) is 17.9 Å². The smallest absolute Gasteiger partial charge is 0.407 e. The van der Waals surface area contributed by atoms with E-state index in [0.29, 0.717) is 18.7 Å². The maximum Gasteiger partial charge on any atom is 0.407 e. The van der Waals surface area contributed by atoms with Gasteiger partial charge in [-0.3, -0.25) is 0 Å². The average Bonchev–Trinajstić information content (AvgIpc) is 2.41. The molecule has 0 aromatic heterocycles. The van der Waals surface area contributed by atoms with Crippen LogP contribution in [0.1, 0.15) is 13.3 Å². The summed E-state index contributed by atoms with van der Waals surface area (Å²) in [4.78, 5) is 11.5. The molecule has 1 amide bonds. The first-order valence-electron chi connectivity index (χ1n) is 6.14. The van der Waals surface area contributed by atoms with Crippen LogP contribution in [0, 0.1) is 0 Å². The van der Waals surface area contributed by atoms with E-state index >= 15 is 0 Å². The van der Waals surface area contributed by atoms with Crippen LogP contribution in [-0.2, 0) is 14.2 Å². The quantitative estimate of drug-likeness (QED) is 0.511. The molecule has 0 radical (unpaired) electrons. The number of rotatable bonds is 5. The van der Waals surface area contributed by atoms with Gasteiger partial charge in [-0.1, -0.05) is 6.92 Å². The number of methoxy groups -OCH3 is 1. The largest absolute Gasteiger partial charge is 0.440 e. The van der Waals surface area contributed by atoms with Gasteiger partial charge < -0.3 is 29.7 Å². The molecule has 0 aromatic carbocycles. The van der Waals surface area contributed by atoms with Crippen molar-refractivity contribution in [2.24, 2.45) is 0 Å². The Balaban J connectivity index is 2.67. The molecule has 112 valence electrons. The summed E-state index contributed by atoms with van der Waals surface area (Å²) in [6.45, 7) is 2.15. The first kappa shape index (κ1) is 16.5. The molecule has 2 unspecified atom stereocenters. The Morgan fingerprint density at radius 3 is 2.63 bits per heavy atom. The number of aliphatic hydroxyl groups is 2. The highest BCUT2D eigenvalue weighted by Gasteiger charge is 2.46. The van der Waals surface area contributed by atoms with Crippen LogP contribution in [0.4, 0.5) is 4.79 Å². The number of ether oxygens (including phenoxy) is 3. The molecule has 8 heteroatoms. The molecule has 1 aliphatic rings. The van der Waals surface area contributed by atoms with Crippen LogP contribution in [0.15, 0.2) is 0 Å². The fourth-order valence-electron chi connectivity index (χ4n) is 1.90. The highest BCUT2D eigenvalue weighted by Crippen LogP contribution is 2.25. The number of hydrogen-bond donors (Lipinski definition) is 4. The summed E-state index contributed by atoms with van der Waals surface area (Å²) in [5, 5.41) is 22.4. The molecule has 1 fully saturated rings. The van der Waals surface area contributed by atoms with E-state index in [-0.39, 0.29) is 0 Å². The third kappa shape index (κ3) is 4.22. The summed E-state index contributed by atoms with van der Waals surface area (Å²) in [6.07, 6.45) is -5.15. The number of carbonyl (C=O) groups is 1. The fourth-order valence-corrected chi connectivity index (χ4v) is 2.01. The van der Waals surface area contributed by atoms with Gasteiger partial charge in [0.15, 0.2) is 12.4 Å². The number of aliphatic hydroxyl groups excluding tert-OH is 2. The Kier molecular flexibility index (Phi) is 6.87. The highest BCUT2D eigenvalue weighted by atomic mass is 32.1. The molecular weight excluding hydrogens is 274 g/mol. The summed E-state index contributed by atoms with van der Waals surface area (Å²) >= 11 is 3.95. The minimum atomic E-state index is -1.25. The van der Waals surface area contributed by atoms with Crippen LogP contribution >= 0.6 is 12.6 Å². The minimum Gasteiger partial charge on any atom is -0.440 e. The molecule has 1 aliphatic heterocycles. The zero-order chi connectivity index (χ0) is 14.4. The lowest BCUT2D eigenvalue weighted by atomic mass is 9.97. The lowest BCUT2D eigenvalue weighted by Crippen LogP contribution is -2.59. The topological polar surface area (TPSA) is 97.3 Å². The molecule has 5 atom stereocenters. The molecule has 1 saturated heterocycles. The number of hydrogen-bond acceptors (Lipinski definition) is 7. The maximum atomic E-state index is 11.5. The Bertz CT molecular complexity index is 276. The molecule has 0 aliphatic carbocycles. The third-order valence-corrected chi connectivity index (χ3v) is 3.12. The van der Waals surface area contributed by atoms with Crippen LogP contribution in [-0.4, -0.2) is 66.4 Å². The van der Waals surface area contributed by atoms with E-state index in [1.807, 2.05) is 6.92 Å². The van der Waals surface area contributed by atoms with E-state index in [1.165, 1.54) is 7.11 Å². The van der Waals surface area contributed by atoms with Crippen LogP contribution in [0.5, 0.6) is 0 Å². The fraction of sp³-hybridized carbons (Fsp3) is 0.909. The average molecular weight is 295 g/mol. The predicted octanol–water partition coefficient (Wildman–Crippen LogP) is -0.486. The Labute approximate surface area is 117 Å². The predicted molar refractivity (Wildman–Crippen MR) is 70.1 cm³/mol. The molecule has 0 bridgehead atoms. The molecular formula is C11H21NO6S. The second-order valence-corrected chi connectivity index (χ2v) is 4.64. The van der Waals surface area contributed by atoms with Gasteiger partial charge in [-0.15, -0.1) is 0 Å². The zero-order valence-corrected chi connectivity index (χ0v) is 11.9. The second-order valence-electron chi connectivity index (χ2n) is 4.19. The summed E-state index contributed by atoms with van der Waals surface area (Å²) in [5.74, 6) is 0.465. The van der Waals surface area contributed by atoms with Gasteiger partial charge in [0.25, 0.3) is 0 Å². The molecule has 19 heavy (non-hydrogen) atoms. The van der Waals surface area contributed by atoms with Crippen molar-refractivity contribution in [2.45, 2.75) is 44.1 Å². The van der Waals surface area contributed by atoms with Gasteiger partial charge in [0.2, 0.25) is 0 Å². The molecule has 7 nitrogen and oxygen atoms in total. The number of thiol groups is 1. The number of amides is 1. The summed E-state index contributed by atoms with van der Waals surface area (Å²) < 4.78 is 15.4. The van der Waals surface area contributed by atoms with Crippen LogP contribution in [0.25, 0.3) is 0 Å². The molecule has 1 rings (SSSR count). The normalized spacial score (nSPS) is 34.9. The molecule has 0 spiro atoms. The SMILES string of the molecule is CCC1O[C@H](OC)C(O)[C@@H](OC(=O)NCCS)[C@@H]1O. The van der Waals surface area contributed by atoms with Crippen LogP contribution in [0.2, 0.25) is 0 Å². The molecule has 0 saturated carbocycles. The summed E-state index contributed by atoms with van der Waals surface area (Å²) in [6, 6.07) is 0. The number of carbonyl (C=O) groups excluding carboxylic acids is 1. The molecule has 0 aromatic rings. The van der Waals surface area contributed by atoms with Gasteiger partial charge in [-0.05, 0) is 6.42 Å². The van der Waals surface area contributed by atoms with Crippen LogP contribution < -0.4 is 5.32 Å². The monoisotopic (exact) mass is 295 g/mol. The van der Waals surface area contributed by atoms with E-state index < -0.39 is 36.8 Å². The van der Waals surface area contributed by atoms with Crippen molar-refractivity contribution >= 4 is 18.7 Å². The van der Waals surface area contributed by atoms with Crippen molar-refractivity contribution in [3.63, 3.8) is 0 Å². The van der Waals surface area contributed by atoms with Gasteiger partial charge in [0, 0.05) is 19.4 Å². The lowest BCUT2D eigenvalue weighted by molar-refractivity contribution is -0.289. The van der Waals surface area contributed by atoms with Crippen molar-refractivity contribution in [1.82, 2.24) is 5.32 Å². The standard InChI is InChI=1S/C11H21NO6S/c1-3-6-7(13)9(8(14)10(16-2)17-6)18-11(15)12-4-5-19/h6-10,13-14,19H,3-5H2,1-2H3,(H,12,15)/t6?,7-,8?,9+,10+/m1/s1. The first-order valence-corrected chi connectivity index (χ1v) is 6.78. The van der Waals surface area contributed by atoms with Crippen molar-refractivity contribution in [1.29, 1.82) is 0 Å². The Morgan fingerprint density at radius 2 is 2.11 bits per heavy atom. The third-order valence-electron chi connectivity index (χ3n) is 2.90. The van der Waals surface area contributed by atoms with Gasteiger partial charge in [-0.2, -0.15) is 12.6 Å². The first-order chi connectivity index (χ1) is 9.04. The van der Waals surface area contributed by atoms with Crippen molar-refractivity contribution in [2.75, 3.05) is 19.4 Å². The van der Waals surface area contributed by atoms with Crippen molar-refractivity contribution < 1.29 is 29.2 Å². The number of alkyl carbamates (subject to hydrolysis) is 1. The zero-order valence-electron chi connectivity index (χ0n) is 11.0.